The van der Waals surface area contributed by atoms with Gasteiger partial charge in [-0.1, -0.05) is 0 Å². The van der Waals surface area contributed by atoms with Gasteiger partial charge in [0.05, 0.1) is 24.9 Å². The molecule has 108 valence electrons. The van der Waals surface area contributed by atoms with E-state index in [0.717, 1.165) is 13.1 Å². The van der Waals surface area contributed by atoms with Gasteiger partial charge in [0.15, 0.2) is 6.29 Å². The van der Waals surface area contributed by atoms with E-state index in [-0.39, 0.29) is 18.0 Å². The summed E-state index contributed by atoms with van der Waals surface area (Å²) in [6.45, 7) is 12.0. The average Bonchev–Trinajstić information content (AvgIpc) is 2.28. The second-order valence-electron chi connectivity index (χ2n) is 5.01. The highest BCUT2D eigenvalue weighted by molar-refractivity contribution is 4.81. The molecule has 5 heteroatoms. The quantitative estimate of drug-likeness (QED) is 0.665. The minimum Gasteiger partial charge on any atom is -0.373 e. The molecule has 0 saturated carbocycles. The van der Waals surface area contributed by atoms with E-state index in [2.05, 4.69) is 19.2 Å². The monoisotopic (exact) mass is 261 g/mol. The van der Waals surface area contributed by atoms with E-state index in [1.165, 1.54) is 0 Å². The molecule has 0 spiro atoms. The molecule has 0 aromatic carbocycles. The Kier molecular flexibility index (Phi) is 7.11. The third-order valence-corrected chi connectivity index (χ3v) is 2.67. The number of morpholine rings is 1. The lowest BCUT2D eigenvalue weighted by molar-refractivity contribution is -0.181. The van der Waals surface area contributed by atoms with Gasteiger partial charge in [0.1, 0.15) is 0 Å². The molecule has 1 N–H and O–H groups in total. The van der Waals surface area contributed by atoms with Gasteiger partial charge in [-0.25, -0.2) is 0 Å². The van der Waals surface area contributed by atoms with Gasteiger partial charge >= 0.3 is 0 Å². The Morgan fingerprint density at radius 2 is 1.94 bits per heavy atom. The van der Waals surface area contributed by atoms with Crippen molar-refractivity contribution in [3.63, 3.8) is 0 Å². The maximum atomic E-state index is 5.91. The van der Waals surface area contributed by atoms with Crippen LogP contribution in [0, 0.1) is 0 Å². The highest BCUT2D eigenvalue weighted by Gasteiger charge is 2.28. The molecule has 0 aromatic heterocycles. The van der Waals surface area contributed by atoms with Crippen molar-refractivity contribution >= 4 is 0 Å². The highest BCUT2D eigenvalue weighted by Crippen LogP contribution is 2.15. The summed E-state index contributed by atoms with van der Waals surface area (Å²) in [7, 11) is 0. The van der Waals surface area contributed by atoms with Gasteiger partial charge in [-0.3, -0.25) is 0 Å². The van der Waals surface area contributed by atoms with Crippen LogP contribution in [0.2, 0.25) is 0 Å². The molecule has 18 heavy (non-hydrogen) atoms. The molecule has 0 bridgehead atoms. The fraction of sp³-hybridized carbons (Fsp3) is 1.00. The molecule has 1 heterocycles. The minimum atomic E-state index is -0.274. The summed E-state index contributed by atoms with van der Waals surface area (Å²) < 4.78 is 22.3. The van der Waals surface area contributed by atoms with Crippen molar-refractivity contribution < 1.29 is 18.9 Å². The third kappa shape index (κ3) is 6.11. The first kappa shape index (κ1) is 15.9. The molecule has 1 aliphatic rings. The zero-order valence-corrected chi connectivity index (χ0v) is 12.0. The van der Waals surface area contributed by atoms with E-state index in [1.807, 2.05) is 13.8 Å². The largest absolute Gasteiger partial charge is 0.373 e. The van der Waals surface area contributed by atoms with Gasteiger partial charge in [-0.15, -0.1) is 0 Å². The van der Waals surface area contributed by atoms with E-state index in [1.54, 1.807) is 0 Å². The number of nitrogens with one attached hydrogen (secondary N) is 1. The Morgan fingerprint density at radius 3 is 2.50 bits per heavy atom. The molecule has 1 unspecified atom stereocenters. The molecule has 1 atom stereocenters. The summed E-state index contributed by atoms with van der Waals surface area (Å²) in [5.41, 5.74) is -0.120. The summed E-state index contributed by atoms with van der Waals surface area (Å²) in [4.78, 5) is 0. The normalized spacial score (nSPS) is 23.5. The van der Waals surface area contributed by atoms with Gasteiger partial charge in [-0.05, 0) is 27.7 Å². The summed E-state index contributed by atoms with van der Waals surface area (Å²) in [6, 6.07) is 0. The van der Waals surface area contributed by atoms with Crippen molar-refractivity contribution in [2.75, 3.05) is 39.5 Å². The fourth-order valence-electron chi connectivity index (χ4n) is 1.97. The summed E-state index contributed by atoms with van der Waals surface area (Å²) in [5, 5.41) is 3.35. The predicted molar refractivity (Wildman–Crippen MR) is 69.7 cm³/mol. The maximum absolute atomic E-state index is 5.91. The summed E-state index contributed by atoms with van der Waals surface area (Å²) >= 11 is 0. The number of hydrogen-bond donors (Lipinski definition) is 1. The van der Waals surface area contributed by atoms with Gasteiger partial charge in [0.2, 0.25) is 0 Å². The van der Waals surface area contributed by atoms with E-state index < -0.39 is 0 Å². The van der Waals surface area contributed by atoms with Gasteiger partial charge in [0, 0.05) is 26.3 Å². The van der Waals surface area contributed by atoms with Crippen molar-refractivity contribution in [1.29, 1.82) is 0 Å². The SMILES string of the molecule is CCOC(COCC1CNCC(C)(C)O1)OCC. The second-order valence-corrected chi connectivity index (χ2v) is 5.01. The molecule has 5 nitrogen and oxygen atoms in total. The first-order valence-corrected chi connectivity index (χ1v) is 6.77. The Labute approximate surface area is 110 Å². The first-order valence-electron chi connectivity index (χ1n) is 6.77. The fourth-order valence-corrected chi connectivity index (χ4v) is 1.97. The van der Waals surface area contributed by atoms with Gasteiger partial charge in [0.25, 0.3) is 0 Å². The zero-order chi connectivity index (χ0) is 13.4. The molecule has 1 saturated heterocycles. The van der Waals surface area contributed by atoms with Gasteiger partial charge in [-0.2, -0.15) is 0 Å². The standard InChI is InChI=1S/C13H27NO4/c1-5-16-12(17-6-2)9-15-8-11-7-14-10-13(3,4)18-11/h11-12,14H,5-10H2,1-4H3. The Bertz CT molecular complexity index is 217. The molecular weight excluding hydrogens is 234 g/mol. The molecule has 1 fully saturated rings. The van der Waals surface area contributed by atoms with Crippen LogP contribution in [-0.4, -0.2) is 57.5 Å². The Hall–Kier alpha value is -0.200. The van der Waals surface area contributed by atoms with Crippen molar-refractivity contribution in [1.82, 2.24) is 5.32 Å². The lowest BCUT2D eigenvalue weighted by atomic mass is 10.1. The predicted octanol–water partition coefficient (Wildman–Crippen LogP) is 1.17. The van der Waals surface area contributed by atoms with E-state index >= 15 is 0 Å². The molecule has 0 radical (unpaired) electrons. The van der Waals surface area contributed by atoms with Crippen molar-refractivity contribution in [3.05, 3.63) is 0 Å². The van der Waals surface area contributed by atoms with E-state index in [0.29, 0.717) is 26.4 Å². The van der Waals surface area contributed by atoms with Crippen molar-refractivity contribution in [2.45, 2.75) is 45.7 Å². The average molecular weight is 261 g/mol. The number of hydrogen-bond acceptors (Lipinski definition) is 5. The van der Waals surface area contributed by atoms with Crippen LogP contribution in [0.1, 0.15) is 27.7 Å². The summed E-state index contributed by atoms with van der Waals surface area (Å²) in [5.74, 6) is 0. The number of ether oxygens (including phenoxy) is 4. The van der Waals surface area contributed by atoms with Crippen LogP contribution in [0.15, 0.2) is 0 Å². The van der Waals surface area contributed by atoms with Crippen LogP contribution >= 0.6 is 0 Å². The van der Waals surface area contributed by atoms with Crippen LogP contribution in [-0.2, 0) is 18.9 Å². The Morgan fingerprint density at radius 1 is 1.28 bits per heavy atom. The van der Waals surface area contributed by atoms with Crippen LogP contribution in [0.3, 0.4) is 0 Å². The lowest BCUT2D eigenvalue weighted by Gasteiger charge is -2.36. The smallest absolute Gasteiger partial charge is 0.180 e. The maximum Gasteiger partial charge on any atom is 0.180 e. The van der Waals surface area contributed by atoms with Crippen LogP contribution in [0.25, 0.3) is 0 Å². The van der Waals surface area contributed by atoms with Crippen molar-refractivity contribution in [2.24, 2.45) is 0 Å². The highest BCUT2D eigenvalue weighted by atomic mass is 16.7. The van der Waals surface area contributed by atoms with E-state index in [9.17, 15) is 0 Å². The minimum absolute atomic E-state index is 0.0950. The zero-order valence-electron chi connectivity index (χ0n) is 12.0. The number of rotatable bonds is 8. The van der Waals surface area contributed by atoms with Crippen LogP contribution in [0.4, 0.5) is 0 Å². The molecular formula is C13H27NO4. The molecule has 0 aromatic rings. The molecule has 0 aliphatic carbocycles. The summed E-state index contributed by atoms with van der Waals surface area (Å²) in [6.07, 6.45) is -0.179. The van der Waals surface area contributed by atoms with Crippen LogP contribution < -0.4 is 5.32 Å². The van der Waals surface area contributed by atoms with Crippen LogP contribution in [0.5, 0.6) is 0 Å². The topological polar surface area (TPSA) is 49.0 Å². The Balaban J connectivity index is 2.19. The van der Waals surface area contributed by atoms with Crippen molar-refractivity contribution in [3.8, 4) is 0 Å². The lowest BCUT2D eigenvalue weighted by Crippen LogP contribution is -2.52. The van der Waals surface area contributed by atoms with Gasteiger partial charge < -0.3 is 24.3 Å². The molecule has 0 amide bonds. The van der Waals surface area contributed by atoms with E-state index in [4.69, 9.17) is 18.9 Å². The second kappa shape index (κ2) is 8.07. The molecule has 1 rings (SSSR count). The first-order chi connectivity index (χ1) is 8.57. The molecule has 1 aliphatic heterocycles. The third-order valence-electron chi connectivity index (χ3n) is 2.67.